The monoisotopic (exact) mass is 390 g/mol. The number of aromatic amines is 1. The second-order valence-corrected chi connectivity index (χ2v) is 7.24. The number of piperidine rings is 1. The highest BCUT2D eigenvalue weighted by atomic mass is 16.5. The van der Waals surface area contributed by atoms with Gasteiger partial charge in [-0.2, -0.15) is 5.10 Å². The topological polar surface area (TPSA) is 103 Å². The predicted molar refractivity (Wildman–Crippen MR) is 117 cm³/mol. The number of rotatable bonds is 6. The number of ether oxygens (including phenoxy) is 1. The summed E-state index contributed by atoms with van der Waals surface area (Å²) in [6.07, 6.45) is 5.06. The van der Waals surface area contributed by atoms with Gasteiger partial charge in [-0.25, -0.2) is 4.99 Å². The molecule has 150 valence electrons. The van der Waals surface area contributed by atoms with Gasteiger partial charge in [0.25, 0.3) is 0 Å². The molecule has 7 nitrogen and oxygen atoms in total. The standard InChI is InChI=1S/C22H26N6O/c23-15-25-22(24)17-7-8-20-19(14-17)21(27-26-20)16-5-4-6-18(13-16)29-12-11-28-9-2-1-3-10-28/h4-8,13-15H,1-3,9-12H2,(H,26,27)(H3,23,24,25). The molecule has 7 heteroatoms. The van der Waals surface area contributed by atoms with Crippen molar-refractivity contribution < 1.29 is 4.74 Å². The first-order chi connectivity index (χ1) is 14.2. The van der Waals surface area contributed by atoms with Gasteiger partial charge < -0.3 is 10.5 Å². The van der Waals surface area contributed by atoms with Crippen molar-refractivity contribution in [2.45, 2.75) is 19.3 Å². The first-order valence-electron chi connectivity index (χ1n) is 10.0. The zero-order valence-corrected chi connectivity index (χ0v) is 16.4. The van der Waals surface area contributed by atoms with E-state index in [9.17, 15) is 0 Å². The fourth-order valence-corrected chi connectivity index (χ4v) is 3.74. The van der Waals surface area contributed by atoms with Crippen molar-refractivity contribution in [3.63, 3.8) is 0 Å². The summed E-state index contributed by atoms with van der Waals surface area (Å²) in [4.78, 5) is 6.32. The lowest BCUT2D eigenvalue weighted by Gasteiger charge is -2.26. The van der Waals surface area contributed by atoms with Gasteiger partial charge in [-0.1, -0.05) is 18.6 Å². The number of fused-ring (bicyclic) bond motifs is 1. The maximum atomic E-state index is 8.00. The number of likely N-dealkylation sites (tertiary alicyclic amines) is 1. The molecule has 0 radical (unpaired) electrons. The molecule has 0 aliphatic carbocycles. The van der Waals surface area contributed by atoms with E-state index in [4.69, 9.17) is 15.9 Å². The van der Waals surface area contributed by atoms with Crippen molar-refractivity contribution >= 4 is 23.1 Å². The molecule has 1 saturated heterocycles. The maximum absolute atomic E-state index is 8.00. The van der Waals surface area contributed by atoms with Gasteiger partial charge in [-0.15, -0.1) is 0 Å². The number of benzene rings is 2. The number of nitrogens with two attached hydrogens (primary N) is 1. The van der Waals surface area contributed by atoms with Crippen molar-refractivity contribution in [3.8, 4) is 17.0 Å². The quantitative estimate of drug-likeness (QED) is 0.443. The molecule has 0 spiro atoms. The molecule has 4 rings (SSSR count). The van der Waals surface area contributed by atoms with Gasteiger partial charge in [-0.3, -0.25) is 15.4 Å². The van der Waals surface area contributed by atoms with Crippen LogP contribution >= 0.6 is 0 Å². The summed E-state index contributed by atoms with van der Waals surface area (Å²) < 4.78 is 6.01. The molecule has 0 atom stereocenters. The highest BCUT2D eigenvalue weighted by Gasteiger charge is 2.12. The number of aliphatic imine (C=N–C) groups is 1. The zero-order valence-electron chi connectivity index (χ0n) is 16.4. The molecule has 2 aromatic carbocycles. The largest absolute Gasteiger partial charge is 0.492 e. The minimum absolute atomic E-state index is 0.122. The Morgan fingerprint density at radius 2 is 2.07 bits per heavy atom. The highest BCUT2D eigenvalue weighted by molar-refractivity contribution is 6.04. The molecule has 1 fully saturated rings. The van der Waals surface area contributed by atoms with Crippen LogP contribution in [0.25, 0.3) is 22.2 Å². The Bertz CT molecular complexity index is 1020. The number of H-pyrrole nitrogens is 1. The number of amidine groups is 1. The minimum atomic E-state index is 0.122. The van der Waals surface area contributed by atoms with Gasteiger partial charge in [0, 0.05) is 23.1 Å². The molecule has 0 amide bonds. The molecule has 2 heterocycles. The summed E-state index contributed by atoms with van der Waals surface area (Å²) in [6.45, 7) is 3.99. The van der Waals surface area contributed by atoms with Gasteiger partial charge in [0.05, 0.1) is 11.9 Å². The first-order valence-corrected chi connectivity index (χ1v) is 10.0. The number of nitrogens with zero attached hydrogens (tertiary/aromatic N) is 3. The molecule has 0 saturated carbocycles. The van der Waals surface area contributed by atoms with E-state index in [-0.39, 0.29) is 5.84 Å². The molecular formula is C22H26N6O. The fraction of sp³-hybridized carbons (Fsp3) is 0.318. The Morgan fingerprint density at radius 3 is 2.90 bits per heavy atom. The third-order valence-corrected chi connectivity index (χ3v) is 5.27. The van der Waals surface area contributed by atoms with Gasteiger partial charge in [-0.05, 0) is 56.3 Å². The molecule has 4 N–H and O–H groups in total. The van der Waals surface area contributed by atoms with E-state index in [2.05, 4.69) is 20.1 Å². The van der Waals surface area contributed by atoms with E-state index in [0.29, 0.717) is 12.2 Å². The fourth-order valence-electron chi connectivity index (χ4n) is 3.74. The van der Waals surface area contributed by atoms with Crippen LogP contribution in [0.2, 0.25) is 0 Å². The normalized spacial score (nSPS) is 15.2. The summed E-state index contributed by atoms with van der Waals surface area (Å²) >= 11 is 0. The lowest BCUT2D eigenvalue weighted by Crippen LogP contribution is -2.33. The summed E-state index contributed by atoms with van der Waals surface area (Å²) in [6, 6.07) is 13.6. The Labute approximate surface area is 170 Å². The van der Waals surface area contributed by atoms with Gasteiger partial charge in [0.15, 0.2) is 5.84 Å². The van der Waals surface area contributed by atoms with Crippen molar-refractivity contribution in [2.75, 3.05) is 26.2 Å². The number of hydrogen-bond donors (Lipinski definition) is 3. The van der Waals surface area contributed by atoms with Crippen molar-refractivity contribution in [2.24, 2.45) is 10.7 Å². The van der Waals surface area contributed by atoms with E-state index in [1.807, 2.05) is 42.5 Å². The van der Waals surface area contributed by atoms with Crippen LogP contribution in [0.1, 0.15) is 24.8 Å². The first kappa shape index (κ1) is 19.1. The summed E-state index contributed by atoms with van der Waals surface area (Å²) in [5.41, 5.74) is 8.71. The van der Waals surface area contributed by atoms with Crippen LogP contribution in [0, 0.1) is 5.41 Å². The van der Waals surface area contributed by atoms with Crippen LogP contribution in [0.3, 0.4) is 0 Å². The molecule has 1 aliphatic heterocycles. The van der Waals surface area contributed by atoms with E-state index in [1.165, 1.54) is 32.4 Å². The predicted octanol–water partition coefficient (Wildman–Crippen LogP) is 3.41. The Balaban J connectivity index is 1.52. The average Bonchev–Trinajstić information content (AvgIpc) is 3.18. The smallest absolute Gasteiger partial charge is 0.153 e. The van der Waals surface area contributed by atoms with E-state index in [0.717, 1.165) is 40.8 Å². The molecule has 1 aromatic heterocycles. The van der Waals surface area contributed by atoms with Gasteiger partial charge in [0.2, 0.25) is 0 Å². The average molecular weight is 390 g/mol. The molecule has 0 unspecified atom stereocenters. The minimum Gasteiger partial charge on any atom is -0.492 e. The molecule has 3 aromatic rings. The van der Waals surface area contributed by atoms with Crippen LogP contribution in [0.4, 0.5) is 0 Å². The summed E-state index contributed by atoms with van der Waals surface area (Å²) in [5.74, 6) is 0.962. The molecule has 1 aliphatic rings. The van der Waals surface area contributed by atoms with Crippen LogP contribution in [0.15, 0.2) is 47.5 Å². The summed E-state index contributed by atoms with van der Waals surface area (Å²) in [5, 5.41) is 16.5. The van der Waals surface area contributed by atoms with Gasteiger partial charge >= 0.3 is 0 Å². The van der Waals surface area contributed by atoms with Crippen LogP contribution in [-0.4, -0.2) is 53.5 Å². The van der Waals surface area contributed by atoms with E-state index >= 15 is 0 Å². The second-order valence-electron chi connectivity index (χ2n) is 7.24. The van der Waals surface area contributed by atoms with Crippen molar-refractivity contribution in [1.29, 1.82) is 5.41 Å². The van der Waals surface area contributed by atoms with Gasteiger partial charge in [0.1, 0.15) is 18.1 Å². The Kier molecular flexibility index (Phi) is 5.86. The summed E-state index contributed by atoms with van der Waals surface area (Å²) in [7, 11) is 0. The lowest BCUT2D eigenvalue weighted by atomic mass is 10.0. The number of hydrogen-bond acceptors (Lipinski definition) is 4. The number of aromatic nitrogens is 2. The maximum Gasteiger partial charge on any atom is 0.153 e. The van der Waals surface area contributed by atoms with E-state index < -0.39 is 0 Å². The third kappa shape index (κ3) is 4.46. The van der Waals surface area contributed by atoms with E-state index in [1.54, 1.807) is 0 Å². The second kappa shape index (κ2) is 8.87. The van der Waals surface area contributed by atoms with Crippen LogP contribution < -0.4 is 10.5 Å². The van der Waals surface area contributed by atoms with Crippen molar-refractivity contribution in [1.82, 2.24) is 15.1 Å². The molecule has 0 bridgehead atoms. The zero-order chi connectivity index (χ0) is 20.1. The van der Waals surface area contributed by atoms with Crippen molar-refractivity contribution in [3.05, 3.63) is 48.0 Å². The Morgan fingerprint density at radius 1 is 1.21 bits per heavy atom. The number of nitrogens with one attached hydrogen (secondary N) is 2. The molecule has 29 heavy (non-hydrogen) atoms. The highest BCUT2D eigenvalue weighted by Crippen LogP contribution is 2.29. The SMILES string of the molecule is N=C(/N=C\N)c1ccc2[nH]nc(-c3cccc(OCCN4CCCCC4)c3)c2c1. The molecular weight excluding hydrogens is 364 g/mol. The Hall–Kier alpha value is -3.19. The van der Waals surface area contributed by atoms with Crippen LogP contribution in [-0.2, 0) is 0 Å². The lowest BCUT2D eigenvalue weighted by molar-refractivity contribution is 0.183. The van der Waals surface area contributed by atoms with Crippen LogP contribution in [0.5, 0.6) is 5.75 Å². The third-order valence-electron chi connectivity index (χ3n) is 5.27.